The summed E-state index contributed by atoms with van der Waals surface area (Å²) in [5.41, 5.74) is 2.23. The van der Waals surface area contributed by atoms with Crippen molar-refractivity contribution in [2.24, 2.45) is 0 Å². The van der Waals surface area contributed by atoms with Gasteiger partial charge in [-0.25, -0.2) is 4.98 Å². The topological polar surface area (TPSA) is 48.9 Å². The number of nitrogens with one attached hydrogen (secondary N) is 1. The maximum absolute atomic E-state index is 9.77. The molecule has 0 saturated heterocycles. The molecule has 0 spiro atoms. The number of benzene rings is 1. The molecule has 1 aromatic carbocycles. The SMILES string of the molecule is Oc1ccc(Cl)nc1-c1cc2ccccc2[nH]1. The third-order valence-corrected chi connectivity index (χ3v) is 2.84. The van der Waals surface area contributed by atoms with E-state index in [1.54, 1.807) is 6.07 Å². The van der Waals surface area contributed by atoms with E-state index in [4.69, 9.17) is 11.6 Å². The molecule has 0 unspecified atom stereocenters. The third kappa shape index (κ3) is 1.74. The van der Waals surface area contributed by atoms with Crippen LogP contribution < -0.4 is 0 Å². The number of pyridine rings is 1. The Morgan fingerprint density at radius 2 is 1.94 bits per heavy atom. The van der Waals surface area contributed by atoms with Gasteiger partial charge in [0.25, 0.3) is 0 Å². The van der Waals surface area contributed by atoms with Crippen molar-refractivity contribution >= 4 is 22.5 Å². The highest BCUT2D eigenvalue weighted by atomic mass is 35.5. The van der Waals surface area contributed by atoms with Crippen molar-refractivity contribution in [3.8, 4) is 17.1 Å². The van der Waals surface area contributed by atoms with Crippen molar-refractivity contribution in [2.45, 2.75) is 0 Å². The number of hydrogen-bond acceptors (Lipinski definition) is 2. The highest BCUT2D eigenvalue weighted by Gasteiger charge is 2.09. The first kappa shape index (κ1) is 10.2. The van der Waals surface area contributed by atoms with Crippen LogP contribution in [0.1, 0.15) is 0 Å². The Morgan fingerprint density at radius 1 is 1.12 bits per heavy atom. The molecule has 0 fully saturated rings. The normalized spacial score (nSPS) is 10.9. The van der Waals surface area contributed by atoms with E-state index in [2.05, 4.69) is 9.97 Å². The fraction of sp³-hybridized carbons (Fsp3) is 0. The summed E-state index contributed by atoms with van der Waals surface area (Å²) >= 11 is 5.83. The number of halogens is 1. The zero-order valence-electron chi connectivity index (χ0n) is 8.81. The largest absolute Gasteiger partial charge is 0.506 e. The van der Waals surface area contributed by atoms with E-state index in [9.17, 15) is 5.11 Å². The number of rotatable bonds is 1. The second-order valence-electron chi connectivity index (χ2n) is 3.77. The Hall–Kier alpha value is -2.00. The maximum atomic E-state index is 9.77. The summed E-state index contributed by atoms with van der Waals surface area (Å²) < 4.78 is 0. The van der Waals surface area contributed by atoms with Crippen LogP contribution in [0.2, 0.25) is 5.15 Å². The fourth-order valence-electron chi connectivity index (χ4n) is 1.83. The average molecular weight is 245 g/mol. The molecular weight excluding hydrogens is 236 g/mol. The minimum atomic E-state index is 0.112. The van der Waals surface area contributed by atoms with E-state index in [1.807, 2.05) is 30.3 Å². The summed E-state index contributed by atoms with van der Waals surface area (Å²) in [5.74, 6) is 0.112. The van der Waals surface area contributed by atoms with Gasteiger partial charge in [-0.15, -0.1) is 0 Å². The molecule has 0 aliphatic carbocycles. The number of aromatic hydroxyl groups is 1. The molecule has 2 N–H and O–H groups in total. The van der Waals surface area contributed by atoms with Gasteiger partial charge < -0.3 is 10.1 Å². The van der Waals surface area contributed by atoms with Gasteiger partial charge >= 0.3 is 0 Å². The van der Waals surface area contributed by atoms with Crippen LogP contribution in [0.3, 0.4) is 0 Å². The van der Waals surface area contributed by atoms with Gasteiger partial charge in [0.05, 0.1) is 5.69 Å². The minimum absolute atomic E-state index is 0.112. The van der Waals surface area contributed by atoms with E-state index in [-0.39, 0.29) is 5.75 Å². The quantitative estimate of drug-likeness (QED) is 0.643. The number of hydrogen-bond donors (Lipinski definition) is 2. The van der Waals surface area contributed by atoms with Crippen LogP contribution in [-0.2, 0) is 0 Å². The van der Waals surface area contributed by atoms with Gasteiger partial charge in [0.1, 0.15) is 16.6 Å². The molecule has 0 atom stereocenters. The Balaban J connectivity index is 2.23. The van der Waals surface area contributed by atoms with Gasteiger partial charge in [-0.1, -0.05) is 29.8 Å². The summed E-state index contributed by atoms with van der Waals surface area (Å²) in [7, 11) is 0. The molecule has 3 rings (SSSR count). The van der Waals surface area contributed by atoms with Crippen molar-refractivity contribution < 1.29 is 5.11 Å². The van der Waals surface area contributed by atoms with E-state index in [0.717, 1.165) is 16.6 Å². The fourth-order valence-corrected chi connectivity index (χ4v) is 1.97. The van der Waals surface area contributed by atoms with Crippen LogP contribution in [-0.4, -0.2) is 15.1 Å². The van der Waals surface area contributed by atoms with E-state index in [1.165, 1.54) is 6.07 Å². The van der Waals surface area contributed by atoms with Crippen molar-refractivity contribution in [1.82, 2.24) is 9.97 Å². The van der Waals surface area contributed by atoms with Crippen LogP contribution in [0, 0.1) is 0 Å². The van der Waals surface area contributed by atoms with Crippen LogP contribution in [0.15, 0.2) is 42.5 Å². The molecule has 17 heavy (non-hydrogen) atoms. The number of nitrogens with zero attached hydrogens (tertiary/aromatic N) is 1. The lowest BCUT2D eigenvalue weighted by molar-refractivity contribution is 0.475. The highest BCUT2D eigenvalue weighted by molar-refractivity contribution is 6.29. The van der Waals surface area contributed by atoms with Gasteiger partial charge in [0.15, 0.2) is 0 Å². The van der Waals surface area contributed by atoms with Gasteiger partial charge in [0, 0.05) is 10.9 Å². The Kier molecular flexibility index (Phi) is 2.27. The first-order chi connectivity index (χ1) is 8.24. The molecule has 0 radical (unpaired) electrons. The second-order valence-corrected chi connectivity index (χ2v) is 4.16. The van der Waals surface area contributed by atoms with Crippen molar-refractivity contribution in [2.75, 3.05) is 0 Å². The number of para-hydroxylation sites is 1. The predicted molar refractivity (Wildman–Crippen MR) is 68.2 cm³/mol. The Morgan fingerprint density at radius 3 is 2.76 bits per heavy atom. The van der Waals surface area contributed by atoms with E-state index in [0.29, 0.717) is 10.8 Å². The highest BCUT2D eigenvalue weighted by Crippen LogP contribution is 2.30. The summed E-state index contributed by atoms with van der Waals surface area (Å²) in [6, 6.07) is 12.9. The molecule has 0 amide bonds. The molecule has 0 aliphatic rings. The molecule has 2 aromatic heterocycles. The predicted octanol–water partition coefficient (Wildman–Crippen LogP) is 3.59. The molecule has 0 bridgehead atoms. The summed E-state index contributed by atoms with van der Waals surface area (Å²) in [4.78, 5) is 7.32. The van der Waals surface area contributed by atoms with Gasteiger partial charge in [0.2, 0.25) is 0 Å². The minimum Gasteiger partial charge on any atom is -0.506 e. The summed E-state index contributed by atoms with van der Waals surface area (Å²) in [6.45, 7) is 0. The zero-order chi connectivity index (χ0) is 11.8. The number of aromatic nitrogens is 2. The number of H-pyrrole nitrogens is 1. The van der Waals surface area contributed by atoms with Crippen molar-refractivity contribution in [3.05, 3.63) is 47.6 Å². The van der Waals surface area contributed by atoms with Crippen LogP contribution in [0.4, 0.5) is 0 Å². The average Bonchev–Trinajstić information content (AvgIpc) is 2.75. The molecular formula is C13H9ClN2O. The van der Waals surface area contributed by atoms with Crippen molar-refractivity contribution in [3.63, 3.8) is 0 Å². The molecule has 0 aliphatic heterocycles. The molecule has 84 valence electrons. The molecule has 2 heterocycles. The first-order valence-corrected chi connectivity index (χ1v) is 5.55. The number of fused-ring (bicyclic) bond motifs is 1. The molecule has 0 saturated carbocycles. The lowest BCUT2D eigenvalue weighted by atomic mass is 10.2. The summed E-state index contributed by atoms with van der Waals surface area (Å²) in [5, 5.41) is 11.2. The standard InChI is InChI=1S/C13H9ClN2O/c14-12-6-5-11(17)13(16-12)10-7-8-3-1-2-4-9(8)15-10/h1-7,15,17H. The maximum Gasteiger partial charge on any atom is 0.143 e. The lowest BCUT2D eigenvalue weighted by Crippen LogP contribution is -1.84. The van der Waals surface area contributed by atoms with Gasteiger partial charge in [-0.2, -0.15) is 0 Å². The molecule has 3 aromatic rings. The third-order valence-electron chi connectivity index (χ3n) is 2.63. The van der Waals surface area contributed by atoms with E-state index < -0.39 is 0 Å². The first-order valence-electron chi connectivity index (χ1n) is 5.18. The lowest BCUT2D eigenvalue weighted by Gasteiger charge is -2.00. The second kappa shape index (κ2) is 3.79. The molecule has 3 nitrogen and oxygen atoms in total. The van der Waals surface area contributed by atoms with Gasteiger partial charge in [-0.3, -0.25) is 0 Å². The van der Waals surface area contributed by atoms with Crippen LogP contribution >= 0.6 is 11.6 Å². The molecule has 4 heteroatoms. The zero-order valence-corrected chi connectivity index (χ0v) is 9.57. The van der Waals surface area contributed by atoms with E-state index >= 15 is 0 Å². The van der Waals surface area contributed by atoms with Crippen LogP contribution in [0.5, 0.6) is 5.75 Å². The van der Waals surface area contributed by atoms with Crippen molar-refractivity contribution in [1.29, 1.82) is 0 Å². The number of aromatic amines is 1. The smallest absolute Gasteiger partial charge is 0.143 e. The van der Waals surface area contributed by atoms with Gasteiger partial charge in [-0.05, 0) is 24.3 Å². The monoisotopic (exact) mass is 244 g/mol. The Labute approximate surface area is 103 Å². The summed E-state index contributed by atoms with van der Waals surface area (Å²) in [6.07, 6.45) is 0. The Bertz CT molecular complexity index is 658. The van der Waals surface area contributed by atoms with Crippen LogP contribution in [0.25, 0.3) is 22.3 Å².